The zero-order valence-electron chi connectivity index (χ0n) is 10.6. The maximum absolute atomic E-state index is 11.6. The number of para-hydroxylation sites is 1. The number of thioether (sulfide) groups is 1. The van der Waals surface area contributed by atoms with Crippen molar-refractivity contribution >= 4 is 40.3 Å². The molecule has 100 valence electrons. The molecule has 1 amide bonds. The Bertz CT molecular complexity index is 555. The number of ether oxygens (including phenoxy) is 2. The second-order valence-corrected chi connectivity index (χ2v) is 5.38. The number of thiocarbonyl (C=S) groups is 1. The monoisotopic (exact) mass is 295 g/mol. The summed E-state index contributed by atoms with van der Waals surface area (Å²) in [5.41, 5.74) is 0.788. The van der Waals surface area contributed by atoms with Crippen LogP contribution < -0.4 is 14.8 Å². The van der Waals surface area contributed by atoms with Gasteiger partial charge in [0.2, 0.25) is 0 Å². The molecule has 4 nitrogen and oxygen atoms in total. The number of nitrogens with one attached hydrogen (secondary N) is 1. The highest BCUT2D eigenvalue weighted by Crippen LogP contribution is 2.35. The summed E-state index contributed by atoms with van der Waals surface area (Å²) in [7, 11) is 1.58. The summed E-state index contributed by atoms with van der Waals surface area (Å²) in [5, 5.41) is 2.58. The van der Waals surface area contributed by atoms with Gasteiger partial charge in [0.25, 0.3) is 5.91 Å². The van der Waals surface area contributed by atoms with E-state index in [0.29, 0.717) is 27.3 Å². The van der Waals surface area contributed by atoms with E-state index >= 15 is 0 Å². The SMILES string of the molecule is CCOc1cccc(C=C2SC(=S)NC2=O)c1OC. The van der Waals surface area contributed by atoms with E-state index in [-0.39, 0.29) is 5.91 Å². The first kappa shape index (κ1) is 13.9. The minimum absolute atomic E-state index is 0.182. The van der Waals surface area contributed by atoms with Gasteiger partial charge in [0.05, 0.1) is 18.6 Å². The molecule has 0 atom stereocenters. The third kappa shape index (κ3) is 3.08. The Labute approximate surface area is 121 Å². The minimum atomic E-state index is -0.182. The summed E-state index contributed by atoms with van der Waals surface area (Å²) in [6, 6.07) is 5.55. The smallest absolute Gasteiger partial charge is 0.263 e. The molecular weight excluding hydrogens is 282 g/mol. The molecule has 1 heterocycles. The highest BCUT2D eigenvalue weighted by Gasteiger charge is 2.22. The fourth-order valence-electron chi connectivity index (χ4n) is 1.70. The molecule has 1 aliphatic heterocycles. The number of carbonyl (C=O) groups is 1. The molecule has 0 unspecified atom stereocenters. The molecular formula is C13H13NO3S2. The molecule has 1 saturated heterocycles. The van der Waals surface area contributed by atoms with Crippen molar-refractivity contribution in [3.63, 3.8) is 0 Å². The van der Waals surface area contributed by atoms with Gasteiger partial charge in [-0.05, 0) is 19.1 Å². The average molecular weight is 295 g/mol. The Morgan fingerprint density at radius 1 is 1.47 bits per heavy atom. The maximum atomic E-state index is 11.6. The van der Waals surface area contributed by atoms with E-state index in [4.69, 9.17) is 21.7 Å². The van der Waals surface area contributed by atoms with Gasteiger partial charge in [0, 0.05) is 5.56 Å². The van der Waals surface area contributed by atoms with Crippen molar-refractivity contribution in [2.75, 3.05) is 13.7 Å². The molecule has 1 aromatic rings. The van der Waals surface area contributed by atoms with Gasteiger partial charge in [-0.3, -0.25) is 4.79 Å². The summed E-state index contributed by atoms with van der Waals surface area (Å²) >= 11 is 6.19. The van der Waals surface area contributed by atoms with Crippen molar-refractivity contribution < 1.29 is 14.3 Å². The Hall–Kier alpha value is -1.53. The maximum Gasteiger partial charge on any atom is 0.263 e. The standard InChI is InChI=1S/C13H13NO3S2/c1-3-17-9-6-4-5-8(11(9)16-2)7-10-12(15)14-13(18)19-10/h4-7H,3H2,1-2H3,(H,14,15,18). The van der Waals surface area contributed by atoms with Crippen molar-refractivity contribution in [3.8, 4) is 11.5 Å². The van der Waals surface area contributed by atoms with Crippen LogP contribution in [0.1, 0.15) is 12.5 Å². The summed E-state index contributed by atoms with van der Waals surface area (Å²) in [6.45, 7) is 2.46. The molecule has 2 rings (SSSR count). The molecule has 19 heavy (non-hydrogen) atoms. The molecule has 0 aromatic heterocycles. The third-order valence-corrected chi connectivity index (χ3v) is 3.60. The number of rotatable bonds is 4. The Kier molecular flexibility index (Phi) is 4.44. The van der Waals surface area contributed by atoms with Crippen LogP contribution in [0.5, 0.6) is 11.5 Å². The van der Waals surface area contributed by atoms with Crippen LogP contribution in [0.15, 0.2) is 23.1 Å². The summed E-state index contributed by atoms with van der Waals surface area (Å²) in [6.07, 6.45) is 1.75. The van der Waals surface area contributed by atoms with Gasteiger partial charge in [-0.1, -0.05) is 36.1 Å². The molecule has 1 N–H and O–H groups in total. The molecule has 0 aliphatic carbocycles. The van der Waals surface area contributed by atoms with Gasteiger partial charge >= 0.3 is 0 Å². The number of hydrogen-bond donors (Lipinski definition) is 1. The predicted octanol–water partition coefficient (Wildman–Crippen LogP) is 2.58. The molecule has 1 aromatic carbocycles. The topological polar surface area (TPSA) is 47.6 Å². The first-order valence-corrected chi connectivity index (χ1v) is 6.92. The molecule has 1 aliphatic rings. The van der Waals surface area contributed by atoms with Gasteiger partial charge in [-0.2, -0.15) is 0 Å². The lowest BCUT2D eigenvalue weighted by atomic mass is 10.1. The molecule has 6 heteroatoms. The summed E-state index contributed by atoms with van der Waals surface area (Å²) in [5.74, 6) is 1.09. The molecule has 0 saturated carbocycles. The second kappa shape index (κ2) is 6.08. The third-order valence-electron chi connectivity index (χ3n) is 2.44. The zero-order chi connectivity index (χ0) is 13.8. The van der Waals surface area contributed by atoms with Gasteiger partial charge in [0.1, 0.15) is 4.32 Å². The number of amides is 1. The van der Waals surface area contributed by atoms with Crippen molar-refractivity contribution in [1.29, 1.82) is 0 Å². The van der Waals surface area contributed by atoms with E-state index in [2.05, 4.69) is 5.32 Å². The van der Waals surface area contributed by atoms with Crippen LogP contribution in [-0.4, -0.2) is 23.9 Å². The largest absolute Gasteiger partial charge is 0.492 e. The predicted molar refractivity (Wildman–Crippen MR) is 80.5 cm³/mol. The van der Waals surface area contributed by atoms with Crippen LogP contribution in [0.25, 0.3) is 6.08 Å². The van der Waals surface area contributed by atoms with Crippen molar-refractivity contribution in [2.45, 2.75) is 6.92 Å². The van der Waals surface area contributed by atoms with Gasteiger partial charge in [0.15, 0.2) is 11.5 Å². The van der Waals surface area contributed by atoms with Crippen molar-refractivity contribution in [3.05, 3.63) is 28.7 Å². The number of methoxy groups -OCH3 is 1. The Morgan fingerprint density at radius 2 is 2.26 bits per heavy atom. The molecule has 1 fully saturated rings. The number of carbonyl (C=O) groups excluding carboxylic acids is 1. The zero-order valence-corrected chi connectivity index (χ0v) is 12.2. The van der Waals surface area contributed by atoms with Crippen LogP contribution in [0.3, 0.4) is 0 Å². The summed E-state index contributed by atoms with van der Waals surface area (Å²) in [4.78, 5) is 12.2. The average Bonchev–Trinajstić information content (AvgIpc) is 2.69. The highest BCUT2D eigenvalue weighted by molar-refractivity contribution is 8.26. The normalized spacial score (nSPS) is 16.6. The minimum Gasteiger partial charge on any atom is -0.492 e. The highest BCUT2D eigenvalue weighted by atomic mass is 32.2. The molecule has 0 bridgehead atoms. The van der Waals surface area contributed by atoms with E-state index in [1.807, 2.05) is 25.1 Å². The Balaban J connectivity index is 2.40. The molecule has 0 radical (unpaired) electrons. The van der Waals surface area contributed by atoms with Gasteiger partial charge < -0.3 is 14.8 Å². The van der Waals surface area contributed by atoms with Crippen LogP contribution in [-0.2, 0) is 4.79 Å². The summed E-state index contributed by atoms with van der Waals surface area (Å²) < 4.78 is 11.3. The van der Waals surface area contributed by atoms with Gasteiger partial charge in [-0.15, -0.1) is 0 Å². The Morgan fingerprint density at radius 3 is 2.84 bits per heavy atom. The first-order valence-electron chi connectivity index (χ1n) is 5.70. The van der Waals surface area contributed by atoms with E-state index in [1.165, 1.54) is 11.8 Å². The lowest BCUT2D eigenvalue weighted by Crippen LogP contribution is -2.17. The van der Waals surface area contributed by atoms with E-state index in [1.54, 1.807) is 13.2 Å². The number of hydrogen-bond acceptors (Lipinski definition) is 5. The van der Waals surface area contributed by atoms with Gasteiger partial charge in [-0.25, -0.2) is 0 Å². The van der Waals surface area contributed by atoms with Crippen molar-refractivity contribution in [2.24, 2.45) is 0 Å². The lowest BCUT2D eigenvalue weighted by molar-refractivity contribution is -0.115. The first-order chi connectivity index (χ1) is 9.15. The van der Waals surface area contributed by atoms with Crippen LogP contribution in [0.2, 0.25) is 0 Å². The number of benzene rings is 1. The van der Waals surface area contributed by atoms with Crippen molar-refractivity contribution in [1.82, 2.24) is 5.32 Å². The van der Waals surface area contributed by atoms with Crippen LogP contribution in [0, 0.1) is 0 Å². The van der Waals surface area contributed by atoms with E-state index in [0.717, 1.165) is 5.56 Å². The van der Waals surface area contributed by atoms with Crippen LogP contribution in [0.4, 0.5) is 0 Å². The van der Waals surface area contributed by atoms with E-state index < -0.39 is 0 Å². The fourth-order valence-corrected chi connectivity index (χ4v) is 2.73. The lowest BCUT2D eigenvalue weighted by Gasteiger charge is -2.11. The molecule has 0 spiro atoms. The van der Waals surface area contributed by atoms with E-state index in [9.17, 15) is 4.79 Å². The second-order valence-electron chi connectivity index (χ2n) is 3.66. The quantitative estimate of drug-likeness (QED) is 0.683. The fraction of sp³-hybridized carbons (Fsp3) is 0.231. The van der Waals surface area contributed by atoms with Crippen LogP contribution >= 0.6 is 24.0 Å².